The van der Waals surface area contributed by atoms with Crippen molar-refractivity contribution in [2.45, 2.75) is 90.9 Å². The van der Waals surface area contributed by atoms with E-state index in [1.165, 1.54) is 84.4 Å². The summed E-state index contributed by atoms with van der Waals surface area (Å²) in [6.45, 7) is 6.05. The molecule has 0 radical (unpaired) electrons. The van der Waals surface area contributed by atoms with E-state index in [1.807, 2.05) is 0 Å². The zero-order chi connectivity index (χ0) is 23.5. The Labute approximate surface area is 220 Å². The van der Waals surface area contributed by atoms with Gasteiger partial charge in [0.2, 0.25) is 0 Å². The van der Waals surface area contributed by atoms with Gasteiger partial charge in [-0.2, -0.15) is 0 Å². The van der Waals surface area contributed by atoms with Crippen molar-refractivity contribution in [1.29, 1.82) is 0 Å². The van der Waals surface area contributed by atoms with Crippen LogP contribution in [0, 0.1) is 0 Å². The second-order valence-electron chi connectivity index (χ2n) is 8.84. The van der Waals surface area contributed by atoms with Gasteiger partial charge in [0.25, 0.3) is 0 Å². The van der Waals surface area contributed by atoms with Crippen molar-refractivity contribution in [3.8, 4) is 11.5 Å². The van der Waals surface area contributed by atoms with Gasteiger partial charge >= 0.3 is 0 Å². The van der Waals surface area contributed by atoms with Crippen LogP contribution in [0.2, 0.25) is 0 Å². The van der Waals surface area contributed by atoms with Crippen molar-refractivity contribution >= 4 is 63.4 Å². The fourth-order valence-corrected chi connectivity index (χ4v) is 6.64. The van der Waals surface area contributed by atoms with Crippen LogP contribution in [-0.2, 0) is 0 Å². The van der Waals surface area contributed by atoms with E-state index in [1.54, 1.807) is 11.3 Å². The lowest BCUT2D eigenvalue weighted by molar-refractivity contribution is 0.306. The van der Waals surface area contributed by atoms with Crippen LogP contribution >= 0.6 is 43.2 Å². The average molecular weight is 598 g/mol. The molecule has 1 heterocycles. The van der Waals surface area contributed by atoms with E-state index in [0.29, 0.717) is 0 Å². The lowest BCUT2D eigenvalue weighted by Crippen LogP contribution is -1.98. The molecule has 0 amide bonds. The maximum Gasteiger partial charge on any atom is 0.151 e. The number of rotatable bonds is 16. The second-order valence-corrected chi connectivity index (χ2v) is 11.6. The van der Waals surface area contributed by atoms with Crippen LogP contribution in [-0.4, -0.2) is 13.2 Å². The van der Waals surface area contributed by atoms with Gasteiger partial charge in [0.1, 0.15) is 0 Å². The second kappa shape index (κ2) is 14.6. The quantitative estimate of drug-likeness (QED) is 0.153. The molecule has 0 aliphatic carbocycles. The lowest BCUT2D eigenvalue weighted by Gasteiger charge is -2.09. The first-order chi connectivity index (χ1) is 16.2. The summed E-state index contributed by atoms with van der Waals surface area (Å²) in [6.07, 6.45) is 15.2. The Bertz CT molecular complexity index is 920. The summed E-state index contributed by atoms with van der Waals surface area (Å²) in [6, 6.07) is 8.62. The molecule has 0 saturated carbocycles. The Balaban J connectivity index is 1.70. The number of ether oxygens (including phenoxy) is 2. The molecule has 0 aliphatic heterocycles. The summed E-state index contributed by atoms with van der Waals surface area (Å²) in [5, 5.41) is 2.49. The van der Waals surface area contributed by atoms with Crippen molar-refractivity contribution in [1.82, 2.24) is 0 Å². The van der Waals surface area contributed by atoms with Gasteiger partial charge < -0.3 is 9.47 Å². The fourth-order valence-electron chi connectivity index (χ4n) is 4.19. The van der Waals surface area contributed by atoms with E-state index in [9.17, 15) is 0 Å². The number of hydrogen-bond donors (Lipinski definition) is 0. The van der Waals surface area contributed by atoms with Crippen LogP contribution in [0.3, 0.4) is 0 Å². The number of halogens is 2. The van der Waals surface area contributed by atoms with E-state index in [0.717, 1.165) is 46.5 Å². The SMILES string of the molecule is CCCCCCCCOc1c(Br)ccc2c1sc1c(OCCCCCCCC)c(Br)ccc12. The van der Waals surface area contributed by atoms with E-state index >= 15 is 0 Å². The Morgan fingerprint density at radius 2 is 0.970 bits per heavy atom. The highest BCUT2D eigenvalue weighted by molar-refractivity contribution is 9.11. The minimum absolute atomic E-state index is 0.767. The topological polar surface area (TPSA) is 18.5 Å². The predicted molar refractivity (Wildman–Crippen MR) is 152 cm³/mol. The number of hydrogen-bond acceptors (Lipinski definition) is 3. The molecule has 182 valence electrons. The number of benzene rings is 2. The standard InChI is InChI=1S/C28H38Br2O2S/c1-3-5-7-9-11-13-19-31-25-23(29)17-15-21-22-16-18-24(30)26(28(22)33-27(21)25)32-20-14-12-10-8-6-4-2/h15-18H,3-14,19-20H2,1-2H3. The van der Waals surface area contributed by atoms with Gasteiger partial charge in [-0.15, -0.1) is 11.3 Å². The first-order valence-corrected chi connectivity index (χ1v) is 15.2. The zero-order valence-electron chi connectivity index (χ0n) is 20.2. The smallest absolute Gasteiger partial charge is 0.151 e. The molecule has 0 bridgehead atoms. The normalized spacial score (nSPS) is 11.5. The molecule has 0 unspecified atom stereocenters. The van der Waals surface area contributed by atoms with Crippen LogP contribution in [0.1, 0.15) is 90.9 Å². The molecular formula is C28H38Br2O2S. The number of fused-ring (bicyclic) bond motifs is 3. The van der Waals surface area contributed by atoms with Crippen LogP contribution in [0.15, 0.2) is 33.2 Å². The van der Waals surface area contributed by atoms with Crippen LogP contribution in [0.5, 0.6) is 11.5 Å². The molecule has 0 spiro atoms. The molecule has 5 heteroatoms. The average Bonchev–Trinajstić information content (AvgIpc) is 3.19. The highest BCUT2D eigenvalue weighted by Gasteiger charge is 2.17. The molecule has 0 atom stereocenters. The molecule has 3 rings (SSSR count). The molecule has 1 aromatic heterocycles. The first kappa shape index (κ1) is 26.8. The summed E-state index contributed by atoms with van der Waals surface area (Å²) in [4.78, 5) is 0. The third-order valence-corrected chi connectivity index (χ3v) is 8.58. The van der Waals surface area contributed by atoms with Gasteiger partial charge in [-0.1, -0.05) is 90.2 Å². The summed E-state index contributed by atoms with van der Waals surface area (Å²) < 4.78 is 17.1. The van der Waals surface area contributed by atoms with Crippen LogP contribution in [0.25, 0.3) is 20.2 Å². The van der Waals surface area contributed by atoms with Gasteiger partial charge in [-0.3, -0.25) is 0 Å². The summed E-state index contributed by atoms with van der Waals surface area (Å²) in [5.74, 6) is 1.94. The predicted octanol–water partition coefficient (Wildman–Crippen LogP) is 11.1. The molecule has 0 N–H and O–H groups in total. The van der Waals surface area contributed by atoms with Crippen molar-refractivity contribution in [3.05, 3.63) is 33.2 Å². The van der Waals surface area contributed by atoms with Gasteiger partial charge in [0, 0.05) is 10.8 Å². The van der Waals surface area contributed by atoms with E-state index in [4.69, 9.17) is 9.47 Å². The lowest BCUT2D eigenvalue weighted by atomic mass is 10.1. The highest BCUT2D eigenvalue weighted by Crippen LogP contribution is 2.47. The monoisotopic (exact) mass is 596 g/mol. The minimum Gasteiger partial charge on any atom is -0.491 e. The fraction of sp³-hybridized carbons (Fsp3) is 0.571. The number of unbranched alkanes of at least 4 members (excludes halogenated alkanes) is 10. The third kappa shape index (κ3) is 7.60. The maximum absolute atomic E-state index is 6.31. The van der Waals surface area contributed by atoms with Gasteiger partial charge in [-0.25, -0.2) is 0 Å². The Morgan fingerprint density at radius 1 is 0.576 bits per heavy atom. The molecule has 3 aromatic rings. The van der Waals surface area contributed by atoms with Crippen molar-refractivity contribution < 1.29 is 9.47 Å². The Kier molecular flexibility index (Phi) is 11.8. The largest absolute Gasteiger partial charge is 0.491 e. The van der Waals surface area contributed by atoms with E-state index in [-0.39, 0.29) is 0 Å². The molecule has 0 saturated heterocycles. The van der Waals surface area contributed by atoms with E-state index < -0.39 is 0 Å². The molecule has 2 nitrogen and oxygen atoms in total. The molecule has 0 fully saturated rings. The van der Waals surface area contributed by atoms with Crippen molar-refractivity contribution in [2.75, 3.05) is 13.2 Å². The molecule has 0 aliphatic rings. The molecule has 2 aromatic carbocycles. The van der Waals surface area contributed by atoms with Gasteiger partial charge in [0.05, 0.1) is 31.6 Å². The van der Waals surface area contributed by atoms with Gasteiger partial charge in [-0.05, 0) is 56.8 Å². The van der Waals surface area contributed by atoms with Crippen LogP contribution in [0.4, 0.5) is 0 Å². The minimum atomic E-state index is 0.767. The molecular weight excluding hydrogens is 560 g/mol. The molecule has 33 heavy (non-hydrogen) atoms. The highest BCUT2D eigenvalue weighted by atomic mass is 79.9. The Morgan fingerprint density at radius 3 is 1.39 bits per heavy atom. The Hall–Kier alpha value is -0.780. The third-order valence-electron chi connectivity index (χ3n) is 6.11. The summed E-state index contributed by atoms with van der Waals surface area (Å²) in [5.41, 5.74) is 0. The van der Waals surface area contributed by atoms with Crippen LogP contribution < -0.4 is 9.47 Å². The van der Waals surface area contributed by atoms with Crippen molar-refractivity contribution in [2.24, 2.45) is 0 Å². The van der Waals surface area contributed by atoms with Crippen molar-refractivity contribution in [3.63, 3.8) is 0 Å². The van der Waals surface area contributed by atoms with Gasteiger partial charge in [0.15, 0.2) is 11.5 Å². The maximum atomic E-state index is 6.31. The van der Waals surface area contributed by atoms with E-state index in [2.05, 4.69) is 70.0 Å². The summed E-state index contributed by atoms with van der Waals surface area (Å²) in [7, 11) is 0. The zero-order valence-corrected chi connectivity index (χ0v) is 24.2. The summed E-state index contributed by atoms with van der Waals surface area (Å²) >= 11 is 9.24. The number of thiophene rings is 1. The first-order valence-electron chi connectivity index (χ1n) is 12.8.